The van der Waals surface area contributed by atoms with Gasteiger partial charge < -0.3 is 15.5 Å². The number of benzene rings is 1. The molecule has 1 aliphatic rings. The van der Waals surface area contributed by atoms with Gasteiger partial charge in [0.25, 0.3) is 0 Å². The van der Waals surface area contributed by atoms with E-state index < -0.39 is 0 Å². The first kappa shape index (κ1) is 15.5. The van der Waals surface area contributed by atoms with Crippen LogP contribution in [0.3, 0.4) is 0 Å². The van der Waals surface area contributed by atoms with Crippen molar-refractivity contribution in [3.63, 3.8) is 0 Å². The Morgan fingerprint density at radius 2 is 2.00 bits per heavy atom. The molecule has 23 heavy (non-hydrogen) atoms. The molecule has 5 nitrogen and oxygen atoms in total. The van der Waals surface area contributed by atoms with Gasteiger partial charge in [0.1, 0.15) is 0 Å². The molecule has 2 unspecified atom stereocenters. The van der Waals surface area contributed by atoms with Crippen molar-refractivity contribution in [1.82, 2.24) is 15.2 Å². The van der Waals surface area contributed by atoms with E-state index in [1.807, 2.05) is 36.4 Å². The summed E-state index contributed by atoms with van der Waals surface area (Å²) in [7, 11) is 2.07. The number of nitrogens with zero attached hydrogens (tertiary/aromatic N) is 2. The van der Waals surface area contributed by atoms with Crippen LogP contribution in [0.5, 0.6) is 0 Å². The summed E-state index contributed by atoms with van der Waals surface area (Å²) < 4.78 is 0. The number of anilines is 1. The Labute approximate surface area is 136 Å². The molecule has 0 spiro atoms. The molecule has 1 aromatic heterocycles. The van der Waals surface area contributed by atoms with E-state index in [1.54, 1.807) is 12.3 Å². The smallest absolute Gasteiger partial charge is 0.319 e. The maximum absolute atomic E-state index is 12.2. The fourth-order valence-electron chi connectivity index (χ4n) is 3.01. The van der Waals surface area contributed by atoms with Crippen molar-refractivity contribution < 1.29 is 4.79 Å². The SMILES string of the molecule is CC1CN(C)CC1NC(=O)Nc1ccnc(-c2ccccc2)c1. The van der Waals surface area contributed by atoms with Crippen LogP contribution in [-0.4, -0.2) is 42.1 Å². The lowest BCUT2D eigenvalue weighted by molar-refractivity contribution is 0.246. The fourth-order valence-corrected chi connectivity index (χ4v) is 3.01. The Kier molecular flexibility index (Phi) is 4.57. The van der Waals surface area contributed by atoms with Gasteiger partial charge in [-0.15, -0.1) is 0 Å². The van der Waals surface area contributed by atoms with Gasteiger partial charge in [-0.3, -0.25) is 4.98 Å². The predicted molar refractivity (Wildman–Crippen MR) is 92.3 cm³/mol. The van der Waals surface area contributed by atoms with Gasteiger partial charge >= 0.3 is 6.03 Å². The zero-order valence-corrected chi connectivity index (χ0v) is 13.5. The van der Waals surface area contributed by atoms with Crippen LogP contribution in [0.4, 0.5) is 10.5 Å². The number of likely N-dealkylation sites (tertiary alicyclic amines) is 1. The van der Waals surface area contributed by atoms with Crippen LogP contribution in [0, 0.1) is 5.92 Å². The molecule has 1 saturated heterocycles. The standard InChI is InChI=1S/C18H22N4O/c1-13-11-22(2)12-17(13)21-18(23)20-15-8-9-19-16(10-15)14-6-4-3-5-7-14/h3-10,13,17H,11-12H2,1-2H3,(H2,19,20,21,23). The van der Waals surface area contributed by atoms with Crippen LogP contribution in [0.25, 0.3) is 11.3 Å². The summed E-state index contributed by atoms with van der Waals surface area (Å²) in [5.74, 6) is 0.461. The molecule has 1 fully saturated rings. The summed E-state index contributed by atoms with van der Waals surface area (Å²) in [5.41, 5.74) is 2.62. The van der Waals surface area contributed by atoms with Crippen molar-refractivity contribution in [1.29, 1.82) is 0 Å². The number of carbonyl (C=O) groups excluding carboxylic acids is 1. The normalized spacial score (nSPS) is 21.1. The Bertz CT molecular complexity index is 674. The van der Waals surface area contributed by atoms with E-state index in [4.69, 9.17) is 0 Å². The Morgan fingerprint density at radius 3 is 2.70 bits per heavy atom. The van der Waals surface area contributed by atoms with Crippen molar-refractivity contribution in [2.75, 3.05) is 25.5 Å². The van der Waals surface area contributed by atoms with Gasteiger partial charge in [-0.05, 0) is 25.1 Å². The monoisotopic (exact) mass is 310 g/mol. The lowest BCUT2D eigenvalue weighted by Crippen LogP contribution is -2.42. The zero-order valence-electron chi connectivity index (χ0n) is 13.5. The van der Waals surface area contributed by atoms with Crippen molar-refractivity contribution >= 4 is 11.7 Å². The molecule has 0 radical (unpaired) electrons. The Hall–Kier alpha value is -2.40. The second-order valence-corrected chi connectivity index (χ2v) is 6.20. The molecule has 2 amide bonds. The molecule has 2 heterocycles. The molecule has 3 rings (SSSR count). The average molecular weight is 310 g/mol. The van der Waals surface area contributed by atoms with Gasteiger partial charge in [-0.2, -0.15) is 0 Å². The van der Waals surface area contributed by atoms with E-state index >= 15 is 0 Å². The van der Waals surface area contributed by atoms with Gasteiger partial charge in [0.15, 0.2) is 0 Å². The van der Waals surface area contributed by atoms with Crippen LogP contribution >= 0.6 is 0 Å². The predicted octanol–water partition coefficient (Wildman–Crippen LogP) is 2.82. The number of carbonyl (C=O) groups is 1. The van der Waals surface area contributed by atoms with Crippen LogP contribution in [-0.2, 0) is 0 Å². The van der Waals surface area contributed by atoms with Crippen molar-refractivity contribution in [2.24, 2.45) is 5.92 Å². The van der Waals surface area contributed by atoms with E-state index in [9.17, 15) is 4.79 Å². The van der Waals surface area contributed by atoms with Gasteiger partial charge in [-0.1, -0.05) is 37.3 Å². The number of pyridine rings is 1. The summed E-state index contributed by atoms with van der Waals surface area (Å²) in [4.78, 5) is 18.8. The van der Waals surface area contributed by atoms with Crippen molar-refractivity contribution in [3.05, 3.63) is 48.7 Å². The first-order valence-electron chi connectivity index (χ1n) is 7.89. The van der Waals surface area contributed by atoms with Crippen LogP contribution in [0.1, 0.15) is 6.92 Å². The van der Waals surface area contributed by atoms with E-state index in [2.05, 4.69) is 34.5 Å². The molecule has 1 aliphatic heterocycles. The lowest BCUT2D eigenvalue weighted by atomic mass is 10.1. The van der Waals surface area contributed by atoms with Gasteiger partial charge in [0, 0.05) is 36.6 Å². The van der Waals surface area contributed by atoms with E-state index in [-0.39, 0.29) is 12.1 Å². The summed E-state index contributed by atoms with van der Waals surface area (Å²) >= 11 is 0. The summed E-state index contributed by atoms with van der Waals surface area (Å²) in [5, 5.41) is 5.96. The molecule has 1 aromatic carbocycles. The number of hydrogen-bond acceptors (Lipinski definition) is 3. The maximum Gasteiger partial charge on any atom is 0.319 e. The second kappa shape index (κ2) is 6.79. The topological polar surface area (TPSA) is 57.3 Å². The number of nitrogens with one attached hydrogen (secondary N) is 2. The minimum absolute atomic E-state index is 0.164. The number of likely N-dealkylation sites (N-methyl/N-ethyl adjacent to an activating group) is 1. The third-order valence-electron chi connectivity index (χ3n) is 4.20. The Balaban J connectivity index is 1.65. The molecule has 0 bridgehead atoms. The largest absolute Gasteiger partial charge is 0.334 e. The molecule has 0 aliphatic carbocycles. The van der Waals surface area contributed by atoms with Crippen molar-refractivity contribution in [3.8, 4) is 11.3 Å². The highest BCUT2D eigenvalue weighted by Gasteiger charge is 2.28. The zero-order chi connectivity index (χ0) is 16.2. The number of hydrogen-bond donors (Lipinski definition) is 2. The van der Waals surface area contributed by atoms with Gasteiger partial charge in [0.2, 0.25) is 0 Å². The molecular weight excluding hydrogens is 288 g/mol. The first-order chi connectivity index (χ1) is 11.1. The van der Waals surface area contributed by atoms with E-state index in [1.165, 1.54) is 0 Å². The minimum atomic E-state index is -0.164. The summed E-state index contributed by atoms with van der Waals surface area (Å²) in [6, 6.07) is 13.6. The maximum atomic E-state index is 12.2. The van der Waals surface area contributed by atoms with Gasteiger partial charge in [0.05, 0.1) is 5.69 Å². The highest BCUT2D eigenvalue weighted by molar-refractivity contribution is 5.90. The van der Waals surface area contributed by atoms with Crippen LogP contribution < -0.4 is 10.6 Å². The molecule has 0 saturated carbocycles. The molecular formula is C18H22N4O. The summed E-state index contributed by atoms with van der Waals surface area (Å²) in [6.07, 6.45) is 1.71. The van der Waals surface area contributed by atoms with Crippen LogP contribution in [0.2, 0.25) is 0 Å². The van der Waals surface area contributed by atoms with Crippen molar-refractivity contribution in [2.45, 2.75) is 13.0 Å². The number of aromatic nitrogens is 1. The Morgan fingerprint density at radius 1 is 1.22 bits per heavy atom. The lowest BCUT2D eigenvalue weighted by Gasteiger charge is -2.17. The molecule has 5 heteroatoms. The number of urea groups is 1. The van der Waals surface area contributed by atoms with Crippen LogP contribution in [0.15, 0.2) is 48.7 Å². The van der Waals surface area contributed by atoms with E-state index in [0.717, 1.165) is 30.0 Å². The highest BCUT2D eigenvalue weighted by atomic mass is 16.2. The quantitative estimate of drug-likeness (QED) is 0.916. The molecule has 2 atom stereocenters. The van der Waals surface area contributed by atoms with Gasteiger partial charge in [-0.25, -0.2) is 4.79 Å². The molecule has 2 N–H and O–H groups in total. The summed E-state index contributed by atoms with van der Waals surface area (Å²) in [6.45, 7) is 4.06. The third kappa shape index (κ3) is 3.87. The minimum Gasteiger partial charge on any atom is -0.334 e. The number of amides is 2. The number of rotatable bonds is 3. The third-order valence-corrected chi connectivity index (χ3v) is 4.20. The average Bonchev–Trinajstić information content (AvgIpc) is 2.86. The highest BCUT2D eigenvalue weighted by Crippen LogP contribution is 2.20. The second-order valence-electron chi connectivity index (χ2n) is 6.20. The molecule has 2 aromatic rings. The fraction of sp³-hybridized carbons (Fsp3) is 0.333. The van der Waals surface area contributed by atoms with E-state index in [0.29, 0.717) is 5.92 Å². The first-order valence-corrected chi connectivity index (χ1v) is 7.89. The molecule has 120 valence electrons.